The van der Waals surface area contributed by atoms with Gasteiger partial charge in [0.05, 0.1) is 5.69 Å². The van der Waals surface area contributed by atoms with E-state index in [4.69, 9.17) is 9.15 Å². The number of furan rings is 1. The van der Waals surface area contributed by atoms with Crippen molar-refractivity contribution in [2.75, 3.05) is 0 Å². The molecule has 4 rings (SSSR count). The summed E-state index contributed by atoms with van der Waals surface area (Å²) >= 11 is 0.952. The van der Waals surface area contributed by atoms with Crippen molar-refractivity contribution in [3.8, 4) is 16.3 Å². The summed E-state index contributed by atoms with van der Waals surface area (Å²) in [5.41, 5.74) is 0.781. The smallest absolute Gasteiger partial charge is 0.449 e. The van der Waals surface area contributed by atoms with Gasteiger partial charge in [0.1, 0.15) is 33.6 Å². The molecule has 0 spiro atoms. The van der Waals surface area contributed by atoms with Crippen LogP contribution in [0.4, 0.5) is 13.2 Å². The van der Waals surface area contributed by atoms with Crippen molar-refractivity contribution < 1.29 is 27.1 Å². The molecule has 0 bridgehead atoms. The fraction of sp³-hybridized carbons (Fsp3) is 0.208. The number of amides is 1. The molecule has 0 atom stereocenters. The van der Waals surface area contributed by atoms with Crippen molar-refractivity contribution in [3.63, 3.8) is 0 Å². The Bertz CT molecular complexity index is 1410. The number of benzene rings is 1. The number of rotatable bonds is 7. The van der Waals surface area contributed by atoms with Crippen LogP contribution in [0.5, 0.6) is 5.75 Å². The summed E-state index contributed by atoms with van der Waals surface area (Å²) in [5, 5.41) is 2.73. The minimum absolute atomic E-state index is 0.0872. The van der Waals surface area contributed by atoms with Gasteiger partial charge in [-0.15, -0.1) is 11.3 Å². The van der Waals surface area contributed by atoms with E-state index in [1.807, 2.05) is 30.3 Å². The largest absolute Gasteiger partial charge is 0.488 e. The summed E-state index contributed by atoms with van der Waals surface area (Å²) in [6.45, 7) is 2.82. The lowest BCUT2D eigenvalue weighted by atomic mass is 10.2. The molecule has 0 unspecified atom stereocenters. The number of halogens is 3. The zero-order valence-electron chi connectivity index (χ0n) is 18.7. The molecular weight excluding hydrogens is 483 g/mol. The van der Waals surface area contributed by atoms with Crippen molar-refractivity contribution >= 4 is 17.2 Å². The normalized spacial score (nSPS) is 11.5. The summed E-state index contributed by atoms with van der Waals surface area (Å²) < 4.78 is 50.1. The van der Waals surface area contributed by atoms with Gasteiger partial charge in [0, 0.05) is 18.3 Å². The van der Waals surface area contributed by atoms with E-state index in [0.717, 1.165) is 16.9 Å². The zero-order chi connectivity index (χ0) is 25.2. The van der Waals surface area contributed by atoms with Gasteiger partial charge in [-0.3, -0.25) is 9.59 Å². The van der Waals surface area contributed by atoms with E-state index >= 15 is 0 Å². The molecule has 182 valence electrons. The van der Waals surface area contributed by atoms with Gasteiger partial charge >= 0.3 is 6.18 Å². The third-order valence-electron chi connectivity index (χ3n) is 5.01. The Morgan fingerprint density at radius 1 is 1.20 bits per heavy atom. The summed E-state index contributed by atoms with van der Waals surface area (Å²) in [6, 6.07) is 12.2. The number of hydrogen-bond donors (Lipinski definition) is 2. The van der Waals surface area contributed by atoms with Crippen LogP contribution in [0.2, 0.25) is 0 Å². The van der Waals surface area contributed by atoms with Gasteiger partial charge in [-0.1, -0.05) is 30.3 Å². The highest BCUT2D eigenvalue weighted by atomic mass is 32.1. The lowest BCUT2D eigenvalue weighted by molar-refractivity contribution is -0.154. The number of carbonyl (C=O) groups excluding carboxylic acids is 1. The first-order chi connectivity index (χ1) is 16.6. The van der Waals surface area contributed by atoms with Crippen molar-refractivity contribution in [1.82, 2.24) is 15.3 Å². The second-order valence-corrected chi connectivity index (χ2v) is 8.64. The number of nitrogens with one attached hydrogen (secondary N) is 2. The number of aromatic nitrogens is 2. The van der Waals surface area contributed by atoms with Crippen LogP contribution in [-0.2, 0) is 19.3 Å². The number of ether oxygens (including phenoxy) is 1. The predicted molar refractivity (Wildman–Crippen MR) is 123 cm³/mol. The van der Waals surface area contributed by atoms with Crippen molar-refractivity contribution in [3.05, 3.63) is 92.2 Å². The average molecular weight is 504 g/mol. The number of carbonyl (C=O) groups is 1. The highest BCUT2D eigenvalue weighted by Gasteiger charge is 2.38. The molecule has 11 heteroatoms. The Kier molecular flexibility index (Phi) is 6.79. The quantitative estimate of drug-likeness (QED) is 0.360. The van der Waals surface area contributed by atoms with E-state index in [1.165, 1.54) is 19.2 Å². The van der Waals surface area contributed by atoms with E-state index in [-0.39, 0.29) is 39.9 Å². The van der Waals surface area contributed by atoms with Gasteiger partial charge in [-0.2, -0.15) is 13.2 Å². The van der Waals surface area contributed by atoms with Crippen LogP contribution in [-0.4, -0.2) is 15.9 Å². The van der Waals surface area contributed by atoms with Gasteiger partial charge in [0.15, 0.2) is 0 Å². The maximum atomic E-state index is 13.2. The molecular formula is C24H20F3N3O4S. The lowest BCUT2D eigenvalue weighted by Gasteiger charge is -2.09. The maximum Gasteiger partial charge on any atom is 0.449 e. The molecule has 3 heterocycles. The number of pyridine rings is 1. The van der Waals surface area contributed by atoms with Gasteiger partial charge in [0.2, 0.25) is 5.76 Å². The number of hydrogen-bond acceptors (Lipinski definition) is 6. The van der Waals surface area contributed by atoms with E-state index in [2.05, 4.69) is 15.3 Å². The Balaban J connectivity index is 1.55. The second kappa shape index (κ2) is 9.79. The number of alkyl halides is 3. The van der Waals surface area contributed by atoms with Crippen LogP contribution in [0.3, 0.4) is 0 Å². The Morgan fingerprint density at radius 3 is 2.66 bits per heavy atom. The molecule has 2 N–H and O–H groups in total. The monoisotopic (exact) mass is 503 g/mol. The minimum Gasteiger partial charge on any atom is -0.488 e. The van der Waals surface area contributed by atoms with Gasteiger partial charge in [-0.05, 0) is 31.5 Å². The van der Waals surface area contributed by atoms with Crippen LogP contribution in [0.1, 0.15) is 38.0 Å². The van der Waals surface area contributed by atoms with Crippen LogP contribution in [0.15, 0.2) is 57.9 Å². The van der Waals surface area contributed by atoms with Crippen molar-refractivity contribution in [1.29, 1.82) is 0 Å². The molecule has 0 fully saturated rings. The number of H-pyrrole nitrogens is 1. The average Bonchev–Trinajstić information content (AvgIpc) is 3.39. The molecule has 1 aromatic carbocycles. The fourth-order valence-electron chi connectivity index (χ4n) is 3.43. The molecule has 35 heavy (non-hydrogen) atoms. The van der Waals surface area contributed by atoms with Gasteiger partial charge in [0.25, 0.3) is 11.5 Å². The molecule has 0 saturated carbocycles. The Labute approximate surface area is 201 Å². The number of aryl methyl sites for hydroxylation is 2. The third-order valence-corrected chi connectivity index (χ3v) is 6.18. The van der Waals surface area contributed by atoms with Crippen molar-refractivity contribution in [2.24, 2.45) is 0 Å². The number of aromatic amines is 1. The lowest BCUT2D eigenvalue weighted by Crippen LogP contribution is -2.23. The molecule has 1 amide bonds. The van der Waals surface area contributed by atoms with E-state index in [1.54, 1.807) is 13.0 Å². The Hall–Kier alpha value is -3.86. The summed E-state index contributed by atoms with van der Waals surface area (Å²) in [7, 11) is 0. The molecule has 0 aliphatic heterocycles. The Morgan fingerprint density at radius 2 is 1.94 bits per heavy atom. The molecule has 0 aliphatic carbocycles. The first kappa shape index (κ1) is 24.3. The SMILES string of the molecule is Cc1cc(CNC(=O)c2sc(-c3c(OCc4ccccc4)cc[nH]c3=O)nc2C)c(C(F)(F)F)o1. The molecule has 4 aromatic rings. The first-order valence-corrected chi connectivity index (χ1v) is 11.3. The predicted octanol–water partition coefficient (Wildman–Crippen LogP) is 5.24. The zero-order valence-corrected chi connectivity index (χ0v) is 19.5. The van der Waals surface area contributed by atoms with Crippen LogP contribution in [0.25, 0.3) is 10.6 Å². The van der Waals surface area contributed by atoms with Crippen LogP contribution < -0.4 is 15.6 Å². The van der Waals surface area contributed by atoms with Crippen LogP contribution >= 0.6 is 11.3 Å². The molecule has 3 aromatic heterocycles. The highest BCUT2D eigenvalue weighted by Crippen LogP contribution is 2.35. The number of nitrogens with zero attached hydrogens (tertiary/aromatic N) is 1. The third kappa shape index (κ3) is 5.46. The summed E-state index contributed by atoms with van der Waals surface area (Å²) in [4.78, 5) is 32.5. The van der Waals surface area contributed by atoms with E-state index in [9.17, 15) is 22.8 Å². The van der Waals surface area contributed by atoms with Gasteiger partial charge in [-0.25, -0.2) is 4.98 Å². The van der Waals surface area contributed by atoms with E-state index < -0.39 is 23.4 Å². The van der Waals surface area contributed by atoms with E-state index in [0.29, 0.717) is 11.4 Å². The van der Waals surface area contributed by atoms with Gasteiger partial charge < -0.3 is 19.5 Å². The summed E-state index contributed by atoms with van der Waals surface area (Å²) in [6.07, 6.45) is -3.22. The minimum atomic E-state index is -4.67. The molecule has 7 nitrogen and oxygen atoms in total. The topological polar surface area (TPSA) is 97.2 Å². The molecule has 0 aliphatic rings. The van der Waals surface area contributed by atoms with Crippen molar-refractivity contribution in [2.45, 2.75) is 33.2 Å². The second-order valence-electron chi connectivity index (χ2n) is 7.65. The summed E-state index contributed by atoms with van der Waals surface area (Å²) in [5.74, 6) is -1.38. The van der Waals surface area contributed by atoms with Crippen LogP contribution in [0, 0.1) is 13.8 Å². The highest BCUT2D eigenvalue weighted by molar-refractivity contribution is 7.17. The molecule has 0 saturated heterocycles. The first-order valence-electron chi connectivity index (χ1n) is 10.4. The maximum absolute atomic E-state index is 13.2. The molecule has 0 radical (unpaired) electrons. The standard InChI is InChI=1S/C24H20F3N3O4S/c1-13-10-16(20(34-13)24(25,26)27)11-29-22(32)19-14(2)30-23(35-19)18-17(8-9-28-21(18)31)33-12-15-6-4-3-5-7-15/h3-10H,11-12H2,1-2H3,(H,28,31)(H,29,32). The number of thiazole rings is 1. The fourth-order valence-corrected chi connectivity index (χ4v) is 4.46.